The molecule has 0 aromatic carbocycles. The van der Waals surface area contributed by atoms with Gasteiger partial charge in [0.05, 0.1) is 31.1 Å². The zero-order valence-corrected chi connectivity index (χ0v) is 21.0. The lowest BCUT2D eigenvalue weighted by atomic mass is 9.74. The molecule has 1 aromatic heterocycles. The molecule has 2 unspecified atom stereocenters. The van der Waals surface area contributed by atoms with Gasteiger partial charge in [-0.15, -0.1) is 0 Å². The maximum atomic E-state index is 14.0. The van der Waals surface area contributed by atoms with Crippen LogP contribution in [0.1, 0.15) is 56.4 Å². The highest BCUT2D eigenvalue weighted by molar-refractivity contribution is 5.83. The number of hydrogen-bond acceptors (Lipinski definition) is 5. The lowest BCUT2D eigenvalue weighted by Crippen LogP contribution is -2.53. The van der Waals surface area contributed by atoms with Crippen LogP contribution in [0.3, 0.4) is 0 Å². The number of fused-ring (bicyclic) bond motifs is 1. The Morgan fingerprint density at radius 3 is 2.74 bits per heavy atom. The predicted molar refractivity (Wildman–Crippen MR) is 121 cm³/mol. The fourth-order valence-electron chi connectivity index (χ4n) is 6.01. The summed E-state index contributed by atoms with van der Waals surface area (Å²) in [6.45, 7) is 6.01. The molecule has 3 heterocycles. The van der Waals surface area contributed by atoms with Crippen LogP contribution < -0.4 is 14.9 Å². The van der Waals surface area contributed by atoms with Crippen molar-refractivity contribution in [2.24, 2.45) is 11.3 Å². The summed E-state index contributed by atoms with van der Waals surface area (Å²) in [6, 6.07) is 1.53. The van der Waals surface area contributed by atoms with E-state index in [4.69, 9.17) is 14.3 Å². The van der Waals surface area contributed by atoms with Crippen LogP contribution in [0.4, 0.5) is 13.2 Å². The van der Waals surface area contributed by atoms with E-state index in [2.05, 4.69) is 19.2 Å². The highest BCUT2D eigenvalue weighted by Gasteiger charge is 2.50. The normalized spacial score (nSPS) is 29.4. The summed E-state index contributed by atoms with van der Waals surface area (Å²) in [5.41, 5.74) is -0.153. The number of ether oxygens (including phenoxy) is 2. The molecule has 0 bridgehead atoms. The summed E-state index contributed by atoms with van der Waals surface area (Å²) < 4.78 is 52.7. The Morgan fingerprint density at radius 1 is 1.31 bits per heavy atom. The van der Waals surface area contributed by atoms with Crippen molar-refractivity contribution < 1.29 is 37.0 Å². The third-order valence-corrected chi connectivity index (χ3v) is 8.15. The summed E-state index contributed by atoms with van der Waals surface area (Å²) in [5.74, 6) is 0.153. The fourth-order valence-corrected chi connectivity index (χ4v) is 6.01. The lowest BCUT2D eigenvalue weighted by molar-refractivity contribution is -0.891. The number of hydrogen-bond donors (Lipinski definition) is 1. The van der Waals surface area contributed by atoms with Gasteiger partial charge in [0.1, 0.15) is 12.7 Å². The molecule has 10 heteroatoms. The van der Waals surface area contributed by atoms with E-state index in [-0.39, 0.29) is 36.6 Å². The second kappa shape index (κ2) is 10.2. The Balaban J connectivity index is 1.52. The summed E-state index contributed by atoms with van der Waals surface area (Å²) in [4.78, 5) is 20.9. The summed E-state index contributed by atoms with van der Waals surface area (Å²) in [6.07, 6.45) is 0.125. The van der Waals surface area contributed by atoms with Crippen molar-refractivity contribution >= 4 is 5.91 Å². The van der Waals surface area contributed by atoms with Crippen molar-refractivity contribution in [3.63, 3.8) is 0 Å². The molecule has 1 aliphatic carbocycles. The number of aromatic nitrogens is 1. The zero-order valence-electron chi connectivity index (χ0n) is 21.0. The van der Waals surface area contributed by atoms with E-state index in [1.807, 2.05) is 0 Å². The van der Waals surface area contributed by atoms with Crippen LogP contribution in [0.5, 0.6) is 0 Å². The first-order valence-corrected chi connectivity index (χ1v) is 12.4. The number of methoxy groups -OCH3 is 1. The number of nitrogens with zero attached hydrogens (tertiary/aromatic N) is 2. The number of amides is 1. The maximum Gasteiger partial charge on any atom is 0.422 e. The molecule has 196 valence electrons. The van der Waals surface area contributed by atoms with Gasteiger partial charge in [0, 0.05) is 42.6 Å². The monoisotopic (exact) mass is 500 g/mol. The van der Waals surface area contributed by atoms with E-state index in [1.54, 1.807) is 12.0 Å². The van der Waals surface area contributed by atoms with Gasteiger partial charge in [0.2, 0.25) is 17.8 Å². The second-order valence-corrected chi connectivity index (χ2v) is 10.3. The van der Waals surface area contributed by atoms with Gasteiger partial charge in [-0.2, -0.15) is 13.2 Å². The smallest absolute Gasteiger partial charge is 0.379 e. The highest BCUT2D eigenvalue weighted by atomic mass is 19.4. The van der Waals surface area contributed by atoms with Crippen LogP contribution >= 0.6 is 0 Å². The topological polar surface area (TPSA) is 63.9 Å². The molecule has 0 radical (unpaired) electrons. The van der Waals surface area contributed by atoms with Crippen molar-refractivity contribution in [3.05, 3.63) is 29.1 Å². The molecule has 1 saturated heterocycles. The van der Waals surface area contributed by atoms with E-state index < -0.39 is 17.2 Å². The van der Waals surface area contributed by atoms with Crippen molar-refractivity contribution in [2.45, 2.75) is 76.9 Å². The number of pyridine rings is 1. The van der Waals surface area contributed by atoms with E-state index >= 15 is 0 Å². The molecular formula is C25H37F3N3O4+. The van der Waals surface area contributed by atoms with Crippen LogP contribution in [0.15, 0.2) is 12.3 Å². The molecule has 4 atom stereocenters. The quantitative estimate of drug-likeness (QED) is 0.609. The molecule has 1 saturated carbocycles. The Bertz CT molecular complexity index is 926. The van der Waals surface area contributed by atoms with Crippen molar-refractivity contribution in [2.75, 3.05) is 34.0 Å². The van der Waals surface area contributed by atoms with Crippen LogP contribution in [0, 0.1) is 11.3 Å². The van der Waals surface area contributed by atoms with E-state index in [9.17, 15) is 18.0 Å². The summed E-state index contributed by atoms with van der Waals surface area (Å²) in [7, 11) is 3.04. The molecule has 1 amide bonds. The van der Waals surface area contributed by atoms with Crippen molar-refractivity contribution in [3.8, 4) is 0 Å². The molecule has 1 N–H and O–H groups in total. The Kier molecular flexibility index (Phi) is 7.64. The first-order chi connectivity index (χ1) is 16.6. The van der Waals surface area contributed by atoms with Crippen molar-refractivity contribution in [1.82, 2.24) is 10.2 Å². The molecule has 35 heavy (non-hydrogen) atoms. The van der Waals surface area contributed by atoms with Gasteiger partial charge in [-0.3, -0.25) is 9.63 Å². The Labute approximate surface area is 204 Å². The number of halogens is 3. The average Bonchev–Trinajstić information content (AvgIpc) is 3.27. The number of rotatable bonds is 6. The summed E-state index contributed by atoms with van der Waals surface area (Å²) >= 11 is 0. The third-order valence-electron chi connectivity index (χ3n) is 8.15. The SMILES string of the molecule is COC1COCCC1N[C@@H]1CC[C@@](C(=O)N2CCc3c(cc(C(F)(F)F)c[n+]3OC)C2)(C(C)C)C1. The minimum Gasteiger partial charge on any atom is -0.379 e. The number of carbonyl (C=O) groups excluding carboxylic acids is 1. The standard InChI is InChI=1S/C25H37F3N3O4/c1-16(2)24(8-5-19(12-24)29-20-7-10-35-15-22(20)33-3)23(32)30-9-6-21-17(13-30)11-18(25(26,27)28)14-31(21)34-4/h11,14,16,19-20,22,29H,5-10,12-13,15H2,1-4H3/q+1/t19-,20?,22?,24+/m1/s1. The molecular weight excluding hydrogens is 463 g/mol. The van der Waals surface area contributed by atoms with Gasteiger partial charge < -0.3 is 19.7 Å². The first kappa shape index (κ1) is 26.2. The largest absolute Gasteiger partial charge is 0.422 e. The molecule has 1 aromatic rings. The Morgan fingerprint density at radius 2 is 2.09 bits per heavy atom. The van der Waals surface area contributed by atoms with Gasteiger partial charge >= 0.3 is 6.18 Å². The number of nitrogens with one attached hydrogen (secondary N) is 1. The predicted octanol–water partition coefficient (Wildman–Crippen LogP) is 2.52. The fraction of sp³-hybridized carbons (Fsp3) is 0.760. The average molecular weight is 501 g/mol. The van der Waals surface area contributed by atoms with Gasteiger partial charge in [-0.25, -0.2) is 0 Å². The highest BCUT2D eigenvalue weighted by Crippen LogP contribution is 2.47. The molecule has 4 rings (SSSR count). The van der Waals surface area contributed by atoms with Gasteiger partial charge in [-0.05, 0) is 37.7 Å². The number of carbonyl (C=O) groups is 1. The van der Waals surface area contributed by atoms with Crippen LogP contribution in [-0.4, -0.2) is 63.0 Å². The van der Waals surface area contributed by atoms with Crippen LogP contribution in [-0.2, 0) is 33.4 Å². The van der Waals surface area contributed by atoms with Gasteiger partial charge in [-0.1, -0.05) is 13.8 Å². The first-order valence-electron chi connectivity index (χ1n) is 12.4. The third kappa shape index (κ3) is 5.15. The van der Waals surface area contributed by atoms with E-state index in [0.29, 0.717) is 43.9 Å². The molecule has 2 fully saturated rings. The molecule has 2 aliphatic heterocycles. The lowest BCUT2D eigenvalue weighted by Gasteiger charge is -2.39. The zero-order chi connectivity index (χ0) is 25.4. The minimum absolute atomic E-state index is 0.0117. The second-order valence-electron chi connectivity index (χ2n) is 10.3. The molecule has 3 aliphatic rings. The van der Waals surface area contributed by atoms with Gasteiger partial charge in [0.15, 0.2) is 0 Å². The van der Waals surface area contributed by atoms with E-state index in [0.717, 1.165) is 31.5 Å². The van der Waals surface area contributed by atoms with Gasteiger partial charge in [0.25, 0.3) is 0 Å². The van der Waals surface area contributed by atoms with E-state index in [1.165, 1.54) is 11.8 Å². The van der Waals surface area contributed by atoms with Crippen LogP contribution in [0.2, 0.25) is 0 Å². The molecule has 7 nitrogen and oxygen atoms in total. The van der Waals surface area contributed by atoms with Crippen LogP contribution in [0.25, 0.3) is 0 Å². The Hall–Kier alpha value is -1.91. The molecule has 0 spiro atoms. The number of alkyl halides is 3. The van der Waals surface area contributed by atoms with Crippen molar-refractivity contribution in [1.29, 1.82) is 0 Å². The maximum absolute atomic E-state index is 14.0. The minimum atomic E-state index is -4.49. The summed E-state index contributed by atoms with van der Waals surface area (Å²) in [5, 5.41) is 3.72.